The van der Waals surface area contributed by atoms with Crippen LogP contribution in [0.15, 0.2) is 48.5 Å². The van der Waals surface area contributed by atoms with Gasteiger partial charge >= 0.3 is 0 Å². The van der Waals surface area contributed by atoms with Gasteiger partial charge in [-0.15, -0.1) is 0 Å². The number of morpholine rings is 1. The molecule has 23 heavy (non-hydrogen) atoms. The fourth-order valence-corrected chi connectivity index (χ4v) is 2.58. The minimum Gasteiger partial charge on any atom is -0.370 e. The van der Waals surface area contributed by atoms with Crippen LogP contribution in [0.3, 0.4) is 0 Å². The standard InChI is InChI=1S/C18H15FN2O2/c19-16-7-5-14(6-8-16)17-12-21(9-10-23-17)18(22)15-3-1-13(11-20)2-4-15/h1-8,17H,9-10,12H2. The Balaban J connectivity index is 1.73. The molecule has 1 unspecified atom stereocenters. The Kier molecular flexibility index (Phi) is 4.35. The molecule has 0 aromatic heterocycles. The number of nitriles is 1. The van der Waals surface area contributed by atoms with Gasteiger partial charge in [-0.2, -0.15) is 5.26 Å². The molecule has 0 saturated carbocycles. The Hall–Kier alpha value is -2.71. The maximum Gasteiger partial charge on any atom is 0.254 e. The largest absolute Gasteiger partial charge is 0.370 e. The van der Waals surface area contributed by atoms with Crippen molar-refractivity contribution in [2.75, 3.05) is 19.7 Å². The molecule has 1 aliphatic rings. The fourth-order valence-electron chi connectivity index (χ4n) is 2.58. The van der Waals surface area contributed by atoms with Crippen LogP contribution in [-0.2, 0) is 4.74 Å². The lowest BCUT2D eigenvalue weighted by molar-refractivity contribution is -0.0228. The normalized spacial score (nSPS) is 17.6. The third kappa shape index (κ3) is 3.38. The molecule has 5 heteroatoms. The van der Waals surface area contributed by atoms with Gasteiger partial charge in [0.15, 0.2) is 0 Å². The number of carbonyl (C=O) groups excluding carboxylic acids is 1. The Morgan fingerprint density at radius 2 is 1.87 bits per heavy atom. The van der Waals surface area contributed by atoms with Crippen molar-refractivity contribution in [3.8, 4) is 6.07 Å². The van der Waals surface area contributed by atoms with Gasteiger partial charge in [-0.3, -0.25) is 4.79 Å². The molecule has 0 aliphatic carbocycles. The second kappa shape index (κ2) is 6.59. The van der Waals surface area contributed by atoms with Crippen LogP contribution in [0.25, 0.3) is 0 Å². The summed E-state index contributed by atoms with van der Waals surface area (Å²) >= 11 is 0. The summed E-state index contributed by atoms with van der Waals surface area (Å²) in [5.74, 6) is -0.389. The number of nitrogens with zero attached hydrogens (tertiary/aromatic N) is 2. The molecule has 0 bridgehead atoms. The van der Waals surface area contributed by atoms with Crippen molar-refractivity contribution in [2.24, 2.45) is 0 Å². The van der Waals surface area contributed by atoms with E-state index in [1.807, 2.05) is 6.07 Å². The van der Waals surface area contributed by atoms with E-state index in [2.05, 4.69) is 0 Å². The number of hydrogen-bond donors (Lipinski definition) is 0. The average Bonchev–Trinajstić information content (AvgIpc) is 2.62. The minimum atomic E-state index is -0.296. The molecule has 1 fully saturated rings. The number of halogens is 1. The molecule has 1 aliphatic heterocycles. The molecule has 4 nitrogen and oxygen atoms in total. The maximum absolute atomic E-state index is 13.0. The van der Waals surface area contributed by atoms with Crippen molar-refractivity contribution in [3.63, 3.8) is 0 Å². The second-order valence-electron chi connectivity index (χ2n) is 5.35. The van der Waals surface area contributed by atoms with Crippen LogP contribution < -0.4 is 0 Å². The van der Waals surface area contributed by atoms with E-state index in [-0.39, 0.29) is 17.8 Å². The Bertz CT molecular complexity index is 735. The van der Waals surface area contributed by atoms with Crippen LogP contribution in [-0.4, -0.2) is 30.5 Å². The smallest absolute Gasteiger partial charge is 0.254 e. The van der Waals surface area contributed by atoms with Crippen LogP contribution in [0.1, 0.15) is 27.6 Å². The van der Waals surface area contributed by atoms with Crippen molar-refractivity contribution < 1.29 is 13.9 Å². The fraction of sp³-hybridized carbons (Fsp3) is 0.222. The van der Waals surface area contributed by atoms with E-state index in [9.17, 15) is 9.18 Å². The van der Waals surface area contributed by atoms with E-state index in [0.29, 0.717) is 30.8 Å². The van der Waals surface area contributed by atoms with E-state index in [4.69, 9.17) is 10.00 Å². The van der Waals surface area contributed by atoms with Gasteiger partial charge in [0.25, 0.3) is 5.91 Å². The van der Waals surface area contributed by atoms with Gasteiger partial charge in [-0.25, -0.2) is 4.39 Å². The molecule has 1 atom stereocenters. The molecular weight excluding hydrogens is 295 g/mol. The SMILES string of the molecule is N#Cc1ccc(C(=O)N2CCOC(c3ccc(F)cc3)C2)cc1. The van der Waals surface area contributed by atoms with Gasteiger partial charge in [0, 0.05) is 12.1 Å². The highest BCUT2D eigenvalue weighted by atomic mass is 19.1. The Morgan fingerprint density at radius 3 is 2.52 bits per heavy atom. The van der Waals surface area contributed by atoms with E-state index < -0.39 is 0 Å². The van der Waals surface area contributed by atoms with Gasteiger partial charge < -0.3 is 9.64 Å². The number of amides is 1. The summed E-state index contributed by atoms with van der Waals surface area (Å²) < 4.78 is 18.7. The monoisotopic (exact) mass is 310 g/mol. The molecule has 0 radical (unpaired) electrons. The first-order chi connectivity index (χ1) is 11.2. The summed E-state index contributed by atoms with van der Waals surface area (Å²) in [4.78, 5) is 14.3. The predicted molar refractivity (Wildman–Crippen MR) is 82.2 cm³/mol. The first-order valence-corrected chi connectivity index (χ1v) is 7.34. The summed E-state index contributed by atoms with van der Waals surface area (Å²) in [7, 11) is 0. The quantitative estimate of drug-likeness (QED) is 0.857. The average molecular weight is 310 g/mol. The van der Waals surface area contributed by atoms with Crippen molar-refractivity contribution in [3.05, 3.63) is 71.0 Å². The molecular formula is C18H15FN2O2. The Labute approximate surface area is 133 Å². The number of rotatable bonds is 2. The molecule has 1 heterocycles. The highest BCUT2D eigenvalue weighted by molar-refractivity contribution is 5.94. The van der Waals surface area contributed by atoms with Gasteiger partial charge in [0.05, 0.1) is 24.8 Å². The number of carbonyl (C=O) groups is 1. The Morgan fingerprint density at radius 1 is 1.17 bits per heavy atom. The summed E-state index contributed by atoms with van der Waals surface area (Å²) in [6.07, 6.45) is -0.258. The minimum absolute atomic E-state index is 0.0927. The van der Waals surface area contributed by atoms with E-state index in [0.717, 1.165) is 5.56 Å². The first-order valence-electron chi connectivity index (χ1n) is 7.34. The van der Waals surface area contributed by atoms with Gasteiger partial charge in [0.2, 0.25) is 0 Å². The van der Waals surface area contributed by atoms with Gasteiger partial charge in [0.1, 0.15) is 11.9 Å². The zero-order chi connectivity index (χ0) is 16.2. The summed E-state index contributed by atoms with van der Waals surface area (Å²) in [6.45, 7) is 1.37. The first kappa shape index (κ1) is 15.2. The van der Waals surface area contributed by atoms with Gasteiger partial charge in [-0.05, 0) is 42.0 Å². The lowest BCUT2D eigenvalue weighted by Crippen LogP contribution is -2.42. The van der Waals surface area contributed by atoms with Crippen LogP contribution in [0, 0.1) is 17.1 Å². The lowest BCUT2D eigenvalue weighted by Gasteiger charge is -2.33. The van der Waals surface area contributed by atoms with Crippen molar-refractivity contribution >= 4 is 5.91 Å². The maximum atomic E-state index is 13.0. The summed E-state index contributed by atoms with van der Waals surface area (Å²) in [5.41, 5.74) is 1.92. The second-order valence-corrected chi connectivity index (χ2v) is 5.35. The number of ether oxygens (including phenoxy) is 1. The topological polar surface area (TPSA) is 53.3 Å². The molecule has 0 N–H and O–H groups in total. The van der Waals surface area contributed by atoms with Crippen LogP contribution in [0.5, 0.6) is 0 Å². The van der Waals surface area contributed by atoms with E-state index in [1.165, 1.54) is 12.1 Å². The van der Waals surface area contributed by atoms with E-state index >= 15 is 0 Å². The zero-order valence-corrected chi connectivity index (χ0v) is 12.4. The zero-order valence-electron chi connectivity index (χ0n) is 12.4. The third-order valence-corrected chi connectivity index (χ3v) is 3.86. The summed E-state index contributed by atoms with van der Waals surface area (Å²) in [5, 5.41) is 8.81. The molecule has 116 valence electrons. The molecule has 3 rings (SSSR count). The lowest BCUT2D eigenvalue weighted by atomic mass is 10.1. The molecule has 1 saturated heterocycles. The highest BCUT2D eigenvalue weighted by Crippen LogP contribution is 2.23. The van der Waals surface area contributed by atoms with Crippen molar-refractivity contribution in [2.45, 2.75) is 6.10 Å². The van der Waals surface area contributed by atoms with E-state index in [1.54, 1.807) is 41.3 Å². The van der Waals surface area contributed by atoms with Crippen LogP contribution >= 0.6 is 0 Å². The van der Waals surface area contributed by atoms with Gasteiger partial charge in [-0.1, -0.05) is 12.1 Å². The number of benzene rings is 2. The predicted octanol–water partition coefficient (Wildman–Crippen LogP) is 2.91. The van der Waals surface area contributed by atoms with Crippen molar-refractivity contribution in [1.29, 1.82) is 5.26 Å². The number of hydrogen-bond acceptors (Lipinski definition) is 3. The summed E-state index contributed by atoms with van der Waals surface area (Å²) in [6, 6.07) is 14.7. The molecule has 1 amide bonds. The van der Waals surface area contributed by atoms with Crippen molar-refractivity contribution in [1.82, 2.24) is 4.90 Å². The molecule has 2 aromatic carbocycles. The highest BCUT2D eigenvalue weighted by Gasteiger charge is 2.26. The molecule has 2 aromatic rings. The van der Waals surface area contributed by atoms with Crippen LogP contribution in [0.2, 0.25) is 0 Å². The molecule has 0 spiro atoms. The van der Waals surface area contributed by atoms with Crippen LogP contribution in [0.4, 0.5) is 4.39 Å². The third-order valence-electron chi connectivity index (χ3n) is 3.86.